The molecule has 0 atom stereocenters. The maximum atomic E-state index is 10.8. The lowest BCUT2D eigenvalue weighted by Crippen LogP contribution is -2.38. The lowest BCUT2D eigenvalue weighted by molar-refractivity contribution is 0.0697. The van der Waals surface area contributed by atoms with E-state index < -0.39 is 14.0 Å². The van der Waals surface area contributed by atoms with Gasteiger partial charge >= 0.3 is 5.97 Å². The minimum Gasteiger partial charge on any atom is -0.478 e. The van der Waals surface area contributed by atoms with E-state index in [2.05, 4.69) is 19.6 Å². The Hall–Kier alpha value is -1.42. The van der Waals surface area contributed by atoms with E-state index in [0.29, 0.717) is 11.8 Å². The Balaban J connectivity index is 3.36. The quantitative estimate of drug-likeness (QED) is 0.626. The highest BCUT2D eigenvalue weighted by molar-refractivity contribution is 6.88. The molecule has 0 radical (unpaired) electrons. The summed E-state index contributed by atoms with van der Waals surface area (Å²) in [4.78, 5) is 21.5. The highest BCUT2D eigenvalue weighted by atomic mass is 28.3. The van der Waals surface area contributed by atoms with Gasteiger partial charge in [0.2, 0.25) is 0 Å². The first-order chi connectivity index (χ1) is 6.84. The van der Waals surface area contributed by atoms with Crippen LogP contribution in [0.3, 0.4) is 0 Å². The average molecular weight is 222 g/mol. The Morgan fingerprint density at radius 2 is 1.87 bits per heavy atom. The van der Waals surface area contributed by atoms with Crippen LogP contribution in [0.2, 0.25) is 19.6 Å². The Kier molecular flexibility index (Phi) is 3.09. The van der Waals surface area contributed by atoms with Gasteiger partial charge in [-0.1, -0.05) is 30.9 Å². The number of benzene rings is 1. The van der Waals surface area contributed by atoms with Crippen molar-refractivity contribution in [1.82, 2.24) is 0 Å². The van der Waals surface area contributed by atoms with E-state index in [-0.39, 0.29) is 5.56 Å². The largest absolute Gasteiger partial charge is 0.478 e. The lowest BCUT2D eigenvalue weighted by atomic mass is 10.1. The van der Waals surface area contributed by atoms with Crippen molar-refractivity contribution in [2.75, 3.05) is 0 Å². The number of rotatable bonds is 3. The molecule has 1 aromatic rings. The third-order valence-electron chi connectivity index (χ3n) is 2.20. The summed E-state index contributed by atoms with van der Waals surface area (Å²) in [6, 6.07) is 4.85. The molecule has 0 heterocycles. The Morgan fingerprint density at radius 1 is 1.27 bits per heavy atom. The van der Waals surface area contributed by atoms with Crippen molar-refractivity contribution >= 4 is 25.5 Å². The summed E-state index contributed by atoms with van der Waals surface area (Å²) in [7, 11) is -1.58. The molecule has 1 aromatic carbocycles. The fraction of sp³-hybridized carbons (Fsp3) is 0.273. The van der Waals surface area contributed by atoms with Crippen LogP contribution >= 0.6 is 0 Å². The number of carbonyl (C=O) groups is 2. The third-order valence-corrected chi connectivity index (χ3v) is 4.23. The smallest absolute Gasteiger partial charge is 0.335 e. The Labute approximate surface area is 89.8 Å². The highest BCUT2D eigenvalue weighted by Crippen LogP contribution is 2.08. The second-order valence-electron chi connectivity index (χ2n) is 4.52. The van der Waals surface area contributed by atoms with Gasteiger partial charge in [-0.25, -0.2) is 4.79 Å². The summed E-state index contributed by atoms with van der Waals surface area (Å²) >= 11 is 0. The topological polar surface area (TPSA) is 54.4 Å². The van der Waals surface area contributed by atoms with Crippen molar-refractivity contribution in [2.45, 2.75) is 19.6 Å². The van der Waals surface area contributed by atoms with Crippen LogP contribution in [0.5, 0.6) is 0 Å². The maximum absolute atomic E-state index is 10.8. The fourth-order valence-corrected chi connectivity index (χ4v) is 2.46. The van der Waals surface area contributed by atoms with Crippen molar-refractivity contribution in [3.8, 4) is 0 Å². The molecule has 80 valence electrons. The van der Waals surface area contributed by atoms with Gasteiger partial charge in [-0.05, 0) is 12.1 Å². The van der Waals surface area contributed by atoms with Crippen LogP contribution in [0.1, 0.15) is 20.7 Å². The average Bonchev–Trinajstić information content (AvgIpc) is 2.15. The first kappa shape index (κ1) is 11.7. The van der Waals surface area contributed by atoms with Crippen LogP contribution < -0.4 is 5.19 Å². The zero-order chi connectivity index (χ0) is 11.6. The molecule has 0 aliphatic carbocycles. The van der Waals surface area contributed by atoms with Gasteiger partial charge in [0.15, 0.2) is 0 Å². The SMILES string of the molecule is C[Si](C)(C)c1cc(C=O)cc(C(=O)O)c1. The van der Waals surface area contributed by atoms with Crippen LogP contribution in [0.25, 0.3) is 0 Å². The van der Waals surface area contributed by atoms with Crippen LogP contribution in [-0.4, -0.2) is 25.4 Å². The monoisotopic (exact) mass is 222 g/mol. The number of aromatic carboxylic acids is 1. The number of hydrogen-bond donors (Lipinski definition) is 1. The highest BCUT2D eigenvalue weighted by Gasteiger charge is 2.19. The standard InChI is InChI=1S/C11H14O3Si/c1-15(2,3)10-5-8(7-12)4-9(6-10)11(13)14/h4-7H,1-3H3,(H,13,14). The lowest BCUT2D eigenvalue weighted by Gasteiger charge is -2.17. The van der Waals surface area contributed by atoms with Crippen molar-refractivity contribution in [1.29, 1.82) is 0 Å². The predicted octanol–water partition coefficient (Wildman–Crippen LogP) is 1.74. The predicted molar refractivity (Wildman–Crippen MR) is 61.8 cm³/mol. The summed E-state index contributed by atoms with van der Waals surface area (Å²) in [5, 5.41) is 9.88. The van der Waals surface area contributed by atoms with E-state index >= 15 is 0 Å². The molecule has 0 aliphatic heterocycles. The van der Waals surface area contributed by atoms with Crippen molar-refractivity contribution in [3.63, 3.8) is 0 Å². The van der Waals surface area contributed by atoms with E-state index in [1.807, 2.05) is 0 Å². The molecule has 15 heavy (non-hydrogen) atoms. The van der Waals surface area contributed by atoms with E-state index in [0.717, 1.165) is 5.19 Å². The molecule has 0 saturated carbocycles. The van der Waals surface area contributed by atoms with Crippen molar-refractivity contribution < 1.29 is 14.7 Å². The summed E-state index contributed by atoms with van der Waals surface area (Å²) in [5.41, 5.74) is 0.629. The fourth-order valence-electron chi connectivity index (χ4n) is 1.28. The van der Waals surface area contributed by atoms with E-state index in [1.165, 1.54) is 6.07 Å². The molecule has 0 bridgehead atoms. The van der Waals surface area contributed by atoms with Crippen LogP contribution in [0, 0.1) is 0 Å². The van der Waals surface area contributed by atoms with Crippen LogP contribution in [-0.2, 0) is 0 Å². The summed E-state index contributed by atoms with van der Waals surface area (Å²) in [6.07, 6.45) is 0.691. The van der Waals surface area contributed by atoms with Gasteiger partial charge in [0.1, 0.15) is 6.29 Å². The zero-order valence-electron chi connectivity index (χ0n) is 9.07. The number of hydrogen-bond acceptors (Lipinski definition) is 2. The molecule has 0 unspecified atom stereocenters. The molecular formula is C11H14O3Si. The summed E-state index contributed by atoms with van der Waals surface area (Å²) in [6.45, 7) is 6.34. The molecule has 1 N–H and O–H groups in total. The molecule has 0 aromatic heterocycles. The minimum atomic E-state index is -1.58. The number of aldehydes is 1. The molecule has 0 fully saturated rings. The van der Waals surface area contributed by atoms with Crippen LogP contribution in [0.4, 0.5) is 0 Å². The molecule has 0 aliphatic rings. The Bertz CT molecular complexity index is 405. The second-order valence-corrected chi connectivity index (χ2v) is 9.59. The molecule has 4 heteroatoms. The van der Waals surface area contributed by atoms with Gasteiger partial charge in [-0.15, -0.1) is 0 Å². The first-order valence-electron chi connectivity index (χ1n) is 4.68. The first-order valence-corrected chi connectivity index (χ1v) is 8.18. The van der Waals surface area contributed by atoms with Crippen LogP contribution in [0.15, 0.2) is 18.2 Å². The third kappa shape index (κ3) is 2.76. The van der Waals surface area contributed by atoms with Gasteiger partial charge in [0.05, 0.1) is 13.6 Å². The van der Waals surface area contributed by atoms with Gasteiger partial charge in [-0.2, -0.15) is 0 Å². The van der Waals surface area contributed by atoms with E-state index in [9.17, 15) is 9.59 Å². The number of carboxylic acids is 1. The molecule has 0 saturated heterocycles. The number of carbonyl (C=O) groups excluding carboxylic acids is 1. The second kappa shape index (κ2) is 3.98. The Morgan fingerprint density at radius 3 is 2.27 bits per heavy atom. The van der Waals surface area contributed by atoms with Gasteiger partial charge in [0.25, 0.3) is 0 Å². The zero-order valence-corrected chi connectivity index (χ0v) is 10.1. The molecule has 1 rings (SSSR count). The molecule has 0 amide bonds. The van der Waals surface area contributed by atoms with E-state index in [1.54, 1.807) is 12.1 Å². The summed E-state index contributed by atoms with van der Waals surface area (Å²) in [5.74, 6) is -0.988. The van der Waals surface area contributed by atoms with Crippen molar-refractivity contribution in [2.24, 2.45) is 0 Å². The van der Waals surface area contributed by atoms with Gasteiger partial charge < -0.3 is 5.11 Å². The normalized spacial score (nSPS) is 11.1. The summed E-state index contributed by atoms with van der Waals surface area (Å²) < 4.78 is 0. The van der Waals surface area contributed by atoms with Gasteiger partial charge in [0, 0.05) is 5.56 Å². The number of carboxylic acid groups (broad SMARTS) is 1. The maximum Gasteiger partial charge on any atom is 0.335 e. The van der Waals surface area contributed by atoms with Gasteiger partial charge in [-0.3, -0.25) is 4.79 Å². The molecular weight excluding hydrogens is 208 g/mol. The van der Waals surface area contributed by atoms with E-state index in [4.69, 9.17) is 5.11 Å². The molecule has 0 spiro atoms. The minimum absolute atomic E-state index is 0.192. The molecule has 3 nitrogen and oxygen atoms in total. The van der Waals surface area contributed by atoms with Crippen molar-refractivity contribution in [3.05, 3.63) is 29.3 Å².